The highest BCUT2D eigenvalue weighted by Crippen LogP contribution is 2.38. The zero-order valence-electron chi connectivity index (χ0n) is 27.4. The lowest BCUT2D eigenvalue weighted by Gasteiger charge is -2.28. The van der Waals surface area contributed by atoms with Gasteiger partial charge in [0, 0.05) is 30.6 Å². The first-order chi connectivity index (χ1) is 23.4. The number of likely N-dealkylation sites (tertiary alicyclic amines) is 1. The van der Waals surface area contributed by atoms with Gasteiger partial charge in [0.2, 0.25) is 5.91 Å². The molecule has 248 valence electrons. The number of amides is 2. The van der Waals surface area contributed by atoms with Crippen molar-refractivity contribution in [3.63, 3.8) is 0 Å². The molecule has 4 aromatic rings. The maximum atomic E-state index is 13.6. The number of fused-ring (bicyclic) bond motifs is 1. The lowest BCUT2D eigenvalue weighted by atomic mass is 9.79. The van der Waals surface area contributed by atoms with Gasteiger partial charge >= 0.3 is 0 Å². The second-order valence-electron chi connectivity index (χ2n) is 13.8. The smallest absolute Gasteiger partial charge is 0.287 e. The summed E-state index contributed by atoms with van der Waals surface area (Å²) in [5, 5.41) is 4.36. The predicted octanol–water partition coefficient (Wildman–Crippen LogP) is 8.85. The zero-order valence-corrected chi connectivity index (χ0v) is 28.1. The maximum Gasteiger partial charge on any atom is 0.287 e. The lowest BCUT2D eigenvalue weighted by molar-refractivity contribution is -0.128. The molecule has 0 bridgehead atoms. The van der Waals surface area contributed by atoms with E-state index in [0.717, 1.165) is 57.1 Å². The van der Waals surface area contributed by atoms with Gasteiger partial charge in [-0.2, -0.15) is 0 Å². The van der Waals surface area contributed by atoms with Crippen LogP contribution in [0.2, 0.25) is 5.02 Å². The Bertz CT molecular complexity index is 1880. The molecule has 7 rings (SSSR count). The number of benzene rings is 3. The Balaban J connectivity index is 1.07. The number of carbonyl (C=O) groups is 2. The number of carbonyl (C=O) groups excluding carboxylic acids is 2. The lowest BCUT2D eigenvalue weighted by Crippen LogP contribution is -2.36. The first-order valence-electron chi connectivity index (χ1n) is 17.6. The van der Waals surface area contributed by atoms with Gasteiger partial charge in [-0.25, -0.2) is 0 Å². The van der Waals surface area contributed by atoms with Crippen LogP contribution in [0.3, 0.4) is 0 Å². The van der Waals surface area contributed by atoms with Crippen molar-refractivity contribution in [2.45, 2.75) is 95.1 Å². The molecule has 3 aromatic carbocycles. The van der Waals surface area contributed by atoms with Gasteiger partial charge in [-0.3, -0.25) is 14.4 Å². The van der Waals surface area contributed by atoms with Gasteiger partial charge in [-0.1, -0.05) is 78.6 Å². The molecule has 1 aliphatic heterocycles. The molecule has 3 fully saturated rings. The SMILES string of the molecule is O=C(N[C@H](C=C1CCC(c2ccccc2CN2CCCC2=O)CC1)Cc1ccc(Cl)cc1)c1cc(=O)c2cc(C3CCCC3)ccc2o1. The number of halogens is 1. The van der Waals surface area contributed by atoms with E-state index in [0.29, 0.717) is 47.2 Å². The average molecular weight is 663 g/mol. The third-order valence-electron chi connectivity index (χ3n) is 10.6. The van der Waals surface area contributed by atoms with Crippen LogP contribution >= 0.6 is 11.6 Å². The minimum Gasteiger partial charge on any atom is -0.451 e. The van der Waals surface area contributed by atoms with E-state index in [1.165, 1.54) is 41.2 Å². The van der Waals surface area contributed by atoms with E-state index in [1.54, 1.807) is 0 Å². The molecule has 1 atom stereocenters. The van der Waals surface area contributed by atoms with E-state index >= 15 is 0 Å². The summed E-state index contributed by atoms with van der Waals surface area (Å²) in [5.74, 6) is 0.801. The Morgan fingerprint density at radius 1 is 0.896 bits per heavy atom. The number of allylic oxidation sites excluding steroid dienone is 1. The van der Waals surface area contributed by atoms with Crippen molar-refractivity contribution in [3.05, 3.63) is 128 Å². The Kier molecular flexibility index (Phi) is 9.81. The largest absolute Gasteiger partial charge is 0.451 e. The van der Waals surface area contributed by atoms with Crippen LogP contribution in [0, 0.1) is 0 Å². The molecule has 0 spiro atoms. The number of rotatable bonds is 9. The van der Waals surface area contributed by atoms with Gasteiger partial charge in [0.15, 0.2) is 11.2 Å². The summed E-state index contributed by atoms with van der Waals surface area (Å²) in [4.78, 5) is 41.1. The van der Waals surface area contributed by atoms with Crippen LogP contribution in [-0.4, -0.2) is 29.3 Å². The van der Waals surface area contributed by atoms with Crippen LogP contribution in [0.5, 0.6) is 0 Å². The third kappa shape index (κ3) is 7.44. The van der Waals surface area contributed by atoms with Crippen molar-refractivity contribution in [1.29, 1.82) is 0 Å². The van der Waals surface area contributed by atoms with Crippen molar-refractivity contribution >= 4 is 34.4 Å². The molecule has 48 heavy (non-hydrogen) atoms. The number of hydrogen-bond acceptors (Lipinski definition) is 4. The van der Waals surface area contributed by atoms with E-state index in [9.17, 15) is 14.4 Å². The first-order valence-corrected chi connectivity index (χ1v) is 18.0. The molecule has 1 saturated heterocycles. The molecule has 3 aliphatic rings. The molecular formula is C41H43ClN2O4. The monoisotopic (exact) mass is 662 g/mol. The fourth-order valence-electron chi connectivity index (χ4n) is 7.97. The topological polar surface area (TPSA) is 79.6 Å². The molecule has 7 heteroatoms. The molecule has 2 amide bonds. The average Bonchev–Trinajstić information content (AvgIpc) is 3.79. The van der Waals surface area contributed by atoms with E-state index in [1.807, 2.05) is 47.4 Å². The highest BCUT2D eigenvalue weighted by molar-refractivity contribution is 6.30. The summed E-state index contributed by atoms with van der Waals surface area (Å²) < 4.78 is 6.03. The van der Waals surface area contributed by atoms with Crippen LogP contribution in [0.25, 0.3) is 11.0 Å². The highest BCUT2D eigenvalue weighted by Gasteiger charge is 2.26. The van der Waals surface area contributed by atoms with Gasteiger partial charge < -0.3 is 14.6 Å². The molecule has 2 saturated carbocycles. The van der Waals surface area contributed by atoms with Gasteiger partial charge in [0.25, 0.3) is 5.91 Å². The molecule has 0 radical (unpaired) electrons. The minimum absolute atomic E-state index is 0.0254. The molecule has 0 unspecified atom stereocenters. The number of nitrogens with zero attached hydrogens (tertiary/aromatic N) is 1. The van der Waals surface area contributed by atoms with E-state index in [-0.39, 0.29) is 23.1 Å². The molecule has 2 heterocycles. The first kappa shape index (κ1) is 32.4. The Labute approximate surface area is 287 Å². The second-order valence-corrected chi connectivity index (χ2v) is 14.3. The third-order valence-corrected chi connectivity index (χ3v) is 10.8. The zero-order chi connectivity index (χ0) is 33.0. The van der Waals surface area contributed by atoms with Crippen molar-refractivity contribution in [3.8, 4) is 0 Å². The van der Waals surface area contributed by atoms with Crippen LogP contribution < -0.4 is 10.7 Å². The van der Waals surface area contributed by atoms with Crippen LogP contribution in [0.15, 0.2) is 93.7 Å². The fraction of sp³-hybridized carbons (Fsp3) is 0.390. The van der Waals surface area contributed by atoms with Gasteiger partial charge in [0.05, 0.1) is 11.4 Å². The van der Waals surface area contributed by atoms with Crippen molar-refractivity contribution < 1.29 is 14.0 Å². The normalized spacial score (nSPS) is 19.2. The standard InChI is InChI=1S/C41H43ClN2O4/c42-33-18-13-28(14-19-33)23-34(43-41(47)39-25-37(45)36-24-31(17-20-38(36)48-39)29-6-1-2-7-29)22-27-11-15-30(16-12-27)35-9-4-3-8-32(35)26-44-21-5-10-40(44)46/h3-4,8-9,13-14,17-20,22,24-25,29-30,34H,1-2,5-7,10-12,15-16,21,23,26H2,(H,43,47)/t30?,34-/m1/s1. The van der Waals surface area contributed by atoms with Gasteiger partial charge in [0.1, 0.15) is 5.58 Å². The van der Waals surface area contributed by atoms with Crippen LogP contribution in [-0.2, 0) is 17.8 Å². The molecular weight excluding hydrogens is 620 g/mol. The van der Waals surface area contributed by atoms with Crippen molar-refractivity contribution in [1.82, 2.24) is 10.2 Å². The maximum absolute atomic E-state index is 13.6. The summed E-state index contributed by atoms with van der Waals surface area (Å²) in [7, 11) is 0. The summed E-state index contributed by atoms with van der Waals surface area (Å²) in [6, 6.07) is 23.1. The van der Waals surface area contributed by atoms with Crippen LogP contribution in [0.1, 0.15) is 109 Å². The minimum atomic E-state index is -0.399. The number of hydrogen-bond donors (Lipinski definition) is 1. The Hall–Kier alpha value is -4.16. The molecule has 6 nitrogen and oxygen atoms in total. The van der Waals surface area contributed by atoms with E-state index in [4.69, 9.17) is 16.0 Å². The Morgan fingerprint density at radius 3 is 2.42 bits per heavy atom. The summed E-state index contributed by atoms with van der Waals surface area (Å²) in [6.07, 6.45) is 13.0. The van der Waals surface area contributed by atoms with Gasteiger partial charge in [-0.05, 0) is 110 Å². The summed E-state index contributed by atoms with van der Waals surface area (Å²) in [5.41, 5.74) is 6.40. The number of nitrogens with one attached hydrogen (secondary N) is 1. The molecule has 1 N–H and O–H groups in total. The predicted molar refractivity (Wildman–Crippen MR) is 190 cm³/mol. The molecule has 1 aromatic heterocycles. The Morgan fingerprint density at radius 2 is 1.67 bits per heavy atom. The summed E-state index contributed by atoms with van der Waals surface area (Å²) >= 11 is 6.16. The highest BCUT2D eigenvalue weighted by atomic mass is 35.5. The van der Waals surface area contributed by atoms with Crippen molar-refractivity contribution in [2.75, 3.05) is 6.54 Å². The molecule has 2 aliphatic carbocycles. The second kappa shape index (κ2) is 14.5. The van der Waals surface area contributed by atoms with Crippen molar-refractivity contribution in [2.24, 2.45) is 0 Å². The quantitative estimate of drug-likeness (QED) is 0.182. The van der Waals surface area contributed by atoms with E-state index < -0.39 is 5.91 Å². The van der Waals surface area contributed by atoms with Crippen LogP contribution in [0.4, 0.5) is 0 Å². The summed E-state index contributed by atoms with van der Waals surface area (Å²) in [6.45, 7) is 1.53. The fourth-order valence-corrected chi connectivity index (χ4v) is 8.09. The van der Waals surface area contributed by atoms with Gasteiger partial charge in [-0.15, -0.1) is 0 Å². The van der Waals surface area contributed by atoms with E-state index in [2.05, 4.69) is 35.7 Å².